The van der Waals surface area contributed by atoms with Crippen LogP contribution in [0.2, 0.25) is 0 Å². The van der Waals surface area contributed by atoms with E-state index in [-0.39, 0.29) is 0 Å². The quantitative estimate of drug-likeness (QED) is 0.460. The lowest BCUT2D eigenvalue weighted by Crippen LogP contribution is -1.94. The Hall–Kier alpha value is -3.13. The zero-order valence-corrected chi connectivity index (χ0v) is 14.2. The number of aryl methyl sites for hydroxylation is 2. The number of carboxylic acids is 1. The highest BCUT2D eigenvalue weighted by Crippen LogP contribution is 2.29. The number of rotatable bonds is 2. The maximum Gasteiger partial charge on any atom is 0.335 e. The summed E-state index contributed by atoms with van der Waals surface area (Å²) in [7, 11) is 0. The number of hydrogen-bond donors (Lipinski definition) is 1. The molecule has 0 bridgehead atoms. The van der Waals surface area contributed by atoms with E-state index in [1.165, 1.54) is 32.7 Å². The lowest BCUT2D eigenvalue weighted by molar-refractivity contribution is 0.0697. The van der Waals surface area contributed by atoms with Gasteiger partial charge >= 0.3 is 5.97 Å². The van der Waals surface area contributed by atoms with Crippen molar-refractivity contribution in [1.29, 1.82) is 0 Å². The molecule has 0 unspecified atom stereocenters. The number of hydrogen-bond acceptors (Lipinski definition) is 1. The molecule has 0 aliphatic rings. The van der Waals surface area contributed by atoms with Crippen molar-refractivity contribution in [2.45, 2.75) is 13.8 Å². The van der Waals surface area contributed by atoms with E-state index >= 15 is 0 Å². The maximum atomic E-state index is 11.0. The molecule has 25 heavy (non-hydrogen) atoms. The van der Waals surface area contributed by atoms with Crippen LogP contribution in [-0.4, -0.2) is 11.1 Å². The van der Waals surface area contributed by atoms with Gasteiger partial charge in [0.1, 0.15) is 0 Å². The first-order valence-electron chi connectivity index (χ1n) is 8.30. The molecule has 0 saturated heterocycles. The molecular weight excluding hydrogens is 308 g/mol. The maximum absolute atomic E-state index is 11.0. The van der Waals surface area contributed by atoms with Gasteiger partial charge in [-0.1, -0.05) is 36.4 Å². The smallest absolute Gasteiger partial charge is 0.335 e. The molecule has 0 amide bonds. The third-order valence-electron chi connectivity index (χ3n) is 4.87. The summed E-state index contributed by atoms with van der Waals surface area (Å²) in [4.78, 5) is 11.0. The summed E-state index contributed by atoms with van der Waals surface area (Å²) in [5, 5.41) is 13.9. The van der Waals surface area contributed by atoms with E-state index in [4.69, 9.17) is 5.11 Å². The van der Waals surface area contributed by atoms with Crippen LogP contribution in [0.15, 0.2) is 66.7 Å². The predicted molar refractivity (Wildman–Crippen MR) is 103 cm³/mol. The molecule has 4 rings (SSSR count). The van der Waals surface area contributed by atoms with Crippen molar-refractivity contribution in [2.24, 2.45) is 0 Å². The van der Waals surface area contributed by atoms with Crippen LogP contribution >= 0.6 is 0 Å². The van der Waals surface area contributed by atoms with Gasteiger partial charge in [-0.2, -0.15) is 0 Å². The first-order chi connectivity index (χ1) is 12.0. The van der Waals surface area contributed by atoms with Crippen LogP contribution in [0.1, 0.15) is 21.5 Å². The first kappa shape index (κ1) is 15.4. The Morgan fingerprint density at radius 2 is 1.16 bits per heavy atom. The highest BCUT2D eigenvalue weighted by atomic mass is 16.4. The van der Waals surface area contributed by atoms with Crippen LogP contribution in [0.4, 0.5) is 0 Å². The van der Waals surface area contributed by atoms with E-state index in [2.05, 4.69) is 56.3 Å². The zero-order valence-electron chi connectivity index (χ0n) is 14.2. The van der Waals surface area contributed by atoms with Crippen LogP contribution < -0.4 is 0 Å². The summed E-state index contributed by atoms with van der Waals surface area (Å²) in [6, 6.07) is 22.3. The van der Waals surface area contributed by atoms with Gasteiger partial charge in [0.2, 0.25) is 0 Å². The highest BCUT2D eigenvalue weighted by molar-refractivity contribution is 6.00. The fourth-order valence-electron chi connectivity index (χ4n) is 3.26. The summed E-state index contributed by atoms with van der Waals surface area (Å²) in [6.07, 6.45) is 0. The molecule has 4 aromatic carbocycles. The van der Waals surface area contributed by atoms with Crippen LogP contribution in [0.5, 0.6) is 0 Å². The lowest BCUT2D eigenvalue weighted by atomic mass is 9.96. The highest BCUT2D eigenvalue weighted by Gasteiger charge is 2.06. The third kappa shape index (κ3) is 2.76. The molecule has 0 atom stereocenters. The molecule has 0 saturated carbocycles. The Bertz CT molecular complexity index is 1120. The molecule has 0 fully saturated rings. The molecule has 0 radical (unpaired) electrons. The van der Waals surface area contributed by atoms with Crippen molar-refractivity contribution in [3.8, 4) is 11.1 Å². The van der Waals surface area contributed by atoms with Crippen LogP contribution in [-0.2, 0) is 0 Å². The van der Waals surface area contributed by atoms with Crippen LogP contribution in [0.3, 0.4) is 0 Å². The Labute approximate surface area is 146 Å². The number of benzene rings is 4. The van der Waals surface area contributed by atoms with Gasteiger partial charge in [0.15, 0.2) is 0 Å². The minimum Gasteiger partial charge on any atom is -0.478 e. The molecule has 0 heterocycles. The molecule has 4 aromatic rings. The van der Waals surface area contributed by atoms with E-state index < -0.39 is 5.97 Å². The van der Waals surface area contributed by atoms with Gasteiger partial charge in [0, 0.05) is 0 Å². The molecule has 0 aromatic heterocycles. The van der Waals surface area contributed by atoms with Gasteiger partial charge < -0.3 is 5.11 Å². The molecule has 0 spiro atoms. The number of fused-ring (bicyclic) bond motifs is 2. The minimum absolute atomic E-state index is 0.307. The normalized spacial score (nSPS) is 11.1. The van der Waals surface area contributed by atoms with E-state index in [0.29, 0.717) is 5.56 Å². The first-order valence-corrected chi connectivity index (χ1v) is 8.30. The number of carbonyl (C=O) groups is 1. The zero-order chi connectivity index (χ0) is 17.6. The fraction of sp³-hybridized carbons (Fsp3) is 0.0870. The Kier molecular flexibility index (Phi) is 3.54. The molecule has 122 valence electrons. The van der Waals surface area contributed by atoms with E-state index in [1.807, 2.05) is 12.1 Å². The molecule has 1 N–H and O–H groups in total. The molecule has 2 heteroatoms. The Morgan fingerprint density at radius 3 is 1.76 bits per heavy atom. The van der Waals surface area contributed by atoms with Crippen LogP contribution in [0, 0.1) is 13.8 Å². The second-order valence-electron chi connectivity index (χ2n) is 6.58. The van der Waals surface area contributed by atoms with Crippen molar-refractivity contribution in [3.05, 3.63) is 83.4 Å². The monoisotopic (exact) mass is 326 g/mol. The van der Waals surface area contributed by atoms with E-state index in [9.17, 15) is 4.79 Å². The average Bonchev–Trinajstić information content (AvgIpc) is 2.61. The van der Waals surface area contributed by atoms with Crippen molar-refractivity contribution in [3.63, 3.8) is 0 Å². The summed E-state index contributed by atoms with van der Waals surface area (Å²) in [5.74, 6) is -0.901. The fourth-order valence-corrected chi connectivity index (χ4v) is 3.26. The van der Waals surface area contributed by atoms with Crippen molar-refractivity contribution in [1.82, 2.24) is 0 Å². The average molecular weight is 326 g/mol. The SMILES string of the molecule is Cc1cc2cc3ccc(-c4ccc(C(=O)O)cc4)cc3cc2cc1C. The lowest BCUT2D eigenvalue weighted by Gasteiger charge is -2.08. The molecule has 2 nitrogen and oxygen atoms in total. The summed E-state index contributed by atoms with van der Waals surface area (Å²) >= 11 is 0. The second kappa shape index (κ2) is 5.75. The topological polar surface area (TPSA) is 37.3 Å². The van der Waals surface area contributed by atoms with Crippen molar-refractivity contribution >= 4 is 27.5 Å². The number of aromatic carboxylic acids is 1. The van der Waals surface area contributed by atoms with Gasteiger partial charge in [-0.05, 0) is 88.0 Å². The number of carboxylic acid groups (broad SMARTS) is 1. The summed E-state index contributed by atoms with van der Waals surface area (Å²) < 4.78 is 0. The second-order valence-corrected chi connectivity index (χ2v) is 6.58. The van der Waals surface area contributed by atoms with Gasteiger partial charge in [-0.15, -0.1) is 0 Å². The molecule has 0 aliphatic carbocycles. The van der Waals surface area contributed by atoms with Crippen molar-refractivity contribution < 1.29 is 9.90 Å². The minimum atomic E-state index is -0.901. The molecule has 0 aliphatic heterocycles. The van der Waals surface area contributed by atoms with Gasteiger partial charge in [-0.25, -0.2) is 4.79 Å². The van der Waals surface area contributed by atoms with E-state index in [1.54, 1.807) is 12.1 Å². The molecular formula is C23H18O2. The third-order valence-corrected chi connectivity index (χ3v) is 4.87. The van der Waals surface area contributed by atoms with Gasteiger partial charge in [0.25, 0.3) is 0 Å². The Balaban J connectivity index is 1.85. The Morgan fingerprint density at radius 1 is 0.640 bits per heavy atom. The van der Waals surface area contributed by atoms with Gasteiger partial charge in [0.05, 0.1) is 5.56 Å². The standard InChI is InChI=1S/C23H18O2/c1-14-9-20-12-19-8-7-18(11-22(19)13-21(20)10-15(14)2)16-3-5-17(6-4-16)23(24)25/h3-13H,1-2H3,(H,24,25). The summed E-state index contributed by atoms with van der Waals surface area (Å²) in [6.45, 7) is 4.28. The van der Waals surface area contributed by atoms with Crippen LogP contribution in [0.25, 0.3) is 32.7 Å². The van der Waals surface area contributed by atoms with Crippen molar-refractivity contribution in [2.75, 3.05) is 0 Å². The predicted octanol–water partition coefficient (Wildman–Crippen LogP) is 5.98. The van der Waals surface area contributed by atoms with E-state index in [0.717, 1.165) is 11.1 Å². The van der Waals surface area contributed by atoms with Gasteiger partial charge in [-0.3, -0.25) is 0 Å². The summed E-state index contributed by atoms with van der Waals surface area (Å²) in [5.41, 5.74) is 5.02. The largest absolute Gasteiger partial charge is 0.478 e.